The second-order valence-corrected chi connectivity index (χ2v) is 3.01. The Labute approximate surface area is 92.0 Å². The molecule has 0 radical (unpaired) electrons. The number of nitrogens with zero attached hydrogens (tertiary/aromatic N) is 2. The van der Waals surface area contributed by atoms with Crippen LogP contribution in [0, 0.1) is 11.3 Å². The van der Waals surface area contributed by atoms with Gasteiger partial charge in [-0.15, -0.1) is 13.2 Å². The lowest BCUT2D eigenvalue weighted by Crippen LogP contribution is -2.18. The van der Waals surface area contributed by atoms with Crippen LogP contribution in [0.3, 0.4) is 0 Å². The molecule has 1 heterocycles. The minimum Gasteiger partial charge on any atom is -0.388 e. The standard InChI is InChI=1S/C7HCl2F3N2O/c8-5-3(2-13)1-4(14-6(5)9)15-7(10,11)12/h1H. The molecule has 0 aliphatic heterocycles. The molecular weight excluding hydrogens is 256 g/mol. The second-order valence-electron chi connectivity index (χ2n) is 2.27. The van der Waals surface area contributed by atoms with Crippen molar-refractivity contribution in [3.05, 3.63) is 21.8 Å². The van der Waals surface area contributed by atoms with Crippen molar-refractivity contribution < 1.29 is 17.9 Å². The molecule has 0 fully saturated rings. The number of rotatable bonds is 1. The molecule has 1 rings (SSSR count). The van der Waals surface area contributed by atoms with Crippen LogP contribution in [0.2, 0.25) is 10.2 Å². The van der Waals surface area contributed by atoms with Gasteiger partial charge < -0.3 is 4.74 Å². The number of alkyl halides is 3. The number of aromatic nitrogens is 1. The molecule has 0 aliphatic carbocycles. The predicted octanol–water partition coefficient (Wildman–Crippen LogP) is 3.16. The van der Waals surface area contributed by atoms with Crippen molar-refractivity contribution in [1.29, 1.82) is 5.26 Å². The first-order valence-corrected chi connectivity index (χ1v) is 4.11. The Bertz CT molecular complexity index is 427. The quantitative estimate of drug-likeness (QED) is 0.726. The SMILES string of the molecule is N#Cc1cc(OC(F)(F)F)nc(Cl)c1Cl. The molecule has 0 aromatic carbocycles. The van der Waals surface area contributed by atoms with Crippen LogP contribution in [0.5, 0.6) is 5.88 Å². The number of pyridine rings is 1. The Morgan fingerprint density at radius 2 is 2.00 bits per heavy atom. The van der Waals surface area contributed by atoms with E-state index in [1.807, 2.05) is 0 Å². The first kappa shape index (κ1) is 11.9. The van der Waals surface area contributed by atoms with Crippen LogP contribution in [-0.4, -0.2) is 11.3 Å². The van der Waals surface area contributed by atoms with Crippen LogP contribution >= 0.6 is 23.2 Å². The van der Waals surface area contributed by atoms with Crippen molar-refractivity contribution in [2.24, 2.45) is 0 Å². The smallest absolute Gasteiger partial charge is 0.388 e. The molecule has 0 N–H and O–H groups in total. The third kappa shape index (κ3) is 3.15. The summed E-state index contributed by atoms with van der Waals surface area (Å²) in [7, 11) is 0. The average molecular weight is 257 g/mol. The molecule has 8 heteroatoms. The molecule has 0 saturated heterocycles. The third-order valence-electron chi connectivity index (χ3n) is 1.23. The first-order valence-electron chi connectivity index (χ1n) is 3.35. The normalized spacial score (nSPS) is 10.9. The van der Waals surface area contributed by atoms with Gasteiger partial charge in [-0.3, -0.25) is 0 Å². The van der Waals surface area contributed by atoms with Crippen LogP contribution in [0.25, 0.3) is 0 Å². The Morgan fingerprint density at radius 1 is 1.40 bits per heavy atom. The van der Waals surface area contributed by atoms with E-state index in [-0.39, 0.29) is 10.6 Å². The van der Waals surface area contributed by atoms with Crippen molar-refractivity contribution in [2.45, 2.75) is 6.36 Å². The number of halogens is 5. The number of hydrogen-bond acceptors (Lipinski definition) is 3. The van der Waals surface area contributed by atoms with E-state index < -0.39 is 17.4 Å². The molecule has 3 nitrogen and oxygen atoms in total. The van der Waals surface area contributed by atoms with Gasteiger partial charge in [0.2, 0.25) is 5.88 Å². The maximum absolute atomic E-state index is 11.8. The van der Waals surface area contributed by atoms with Gasteiger partial charge in [0, 0.05) is 6.07 Å². The van der Waals surface area contributed by atoms with E-state index in [0.717, 1.165) is 6.07 Å². The van der Waals surface area contributed by atoms with Gasteiger partial charge in [0.25, 0.3) is 0 Å². The van der Waals surface area contributed by atoms with Gasteiger partial charge in [-0.25, -0.2) is 0 Å². The fourth-order valence-corrected chi connectivity index (χ4v) is 1.05. The fraction of sp³-hybridized carbons (Fsp3) is 0.143. The molecule has 1 aromatic rings. The zero-order valence-corrected chi connectivity index (χ0v) is 8.28. The minimum atomic E-state index is -4.89. The van der Waals surface area contributed by atoms with E-state index in [1.165, 1.54) is 0 Å². The number of nitriles is 1. The minimum absolute atomic E-state index is 0.214. The average Bonchev–Trinajstić information content (AvgIpc) is 2.08. The predicted molar refractivity (Wildman–Crippen MR) is 45.7 cm³/mol. The van der Waals surface area contributed by atoms with Crippen LogP contribution in [0.4, 0.5) is 13.2 Å². The van der Waals surface area contributed by atoms with Crippen LogP contribution in [0.1, 0.15) is 5.56 Å². The van der Waals surface area contributed by atoms with Gasteiger partial charge in [0.15, 0.2) is 5.15 Å². The first-order chi connectivity index (χ1) is 6.83. The van der Waals surface area contributed by atoms with Crippen molar-refractivity contribution in [3.8, 4) is 11.9 Å². The number of ether oxygens (including phenoxy) is 1. The van der Waals surface area contributed by atoms with Gasteiger partial charge in [-0.05, 0) is 0 Å². The summed E-state index contributed by atoms with van der Waals surface area (Å²) < 4.78 is 38.8. The summed E-state index contributed by atoms with van der Waals surface area (Å²) in [6, 6.07) is 2.31. The van der Waals surface area contributed by atoms with Gasteiger partial charge in [0.05, 0.1) is 10.6 Å². The Hall–Kier alpha value is -1.19. The highest BCUT2D eigenvalue weighted by molar-refractivity contribution is 6.41. The summed E-state index contributed by atoms with van der Waals surface area (Å²) in [5, 5.41) is 7.87. The van der Waals surface area contributed by atoms with Gasteiger partial charge in [-0.1, -0.05) is 23.2 Å². The van der Waals surface area contributed by atoms with E-state index in [9.17, 15) is 13.2 Å². The largest absolute Gasteiger partial charge is 0.574 e. The topological polar surface area (TPSA) is 45.9 Å². The highest BCUT2D eigenvalue weighted by atomic mass is 35.5. The molecule has 80 valence electrons. The monoisotopic (exact) mass is 256 g/mol. The lowest BCUT2D eigenvalue weighted by molar-refractivity contribution is -0.276. The molecule has 0 atom stereocenters. The second kappa shape index (κ2) is 4.13. The van der Waals surface area contributed by atoms with Gasteiger partial charge in [0.1, 0.15) is 6.07 Å². The molecule has 15 heavy (non-hydrogen) atoms. The Balaban J connectivity index is 3.13. The summed E-state index contributed by atoms with van der Waals surface area (Å²) in [5.74, 6) is -0.826. The third-order valence-corrected chi connectivity index (χ3v) is 1.99. The van der Waals surface area contributed by atoms with Gasteiger partial charge >= 0.3 is 6.36 Å². The van der Waals surface area contributed by atoms with Crippen molar-refractivity contribution >= 4 is 23.2 Å². The zero-order chi connectivity index (χ0) is 11.6. The lowest BCUT2D eigenvalue weighted by atomic mass is 10.3. The molecule has 0 saturated carbocycles. The van der Waals surface area contributed by atoms with Crippen LogP contribution in [0.15, 0.2) is 6.07 Å². The van der Waals surface area contributed by atoms with Crippen molar-refractivity contribution in [1.82, 2.24) is 4.98 Å². The Morgan fingerprint density at radius 3 is 2.47 bits per heavy atom. The molecule has 0 aliphatic rings. The van der Waals surface area contributed by atoms with E-state index in [0.29, 0.717) is 0 Å². The summed E-state index contributed by atoms with van der Waals surface area (Å²) in [5.41, 5.74) is -0.240. The summed E-state index contributed by atoms with van der Waals surface area (Å²) in [6.45, 7) is 0. The lowest BCUT2D eigenvalue weighted by Gasteiger charge is -2.08. The zero-order valence-electron chi connectivity index (χ0n) is 6.77. The number of hydrogen-bond donors (Lipinski definition) is 0. The Kier molecular flexibility index (Phi) is 3.27. The van der Waals surface area contributed by atoms with E-state index in [1.54, 1.807) is 6.07 Å². The van der Waals surface area contributed by atoms with E-state index >= 15 is 0 Å². The van der Waals surface area contributed by atoms with E-state index in [4.69, 9.17) is 28.5 Å². The van der Waals surface area contributed by atoms with Crippen LogP contribution in [-0.2, 0) is 0 Å². The maximum atomic E-state index is 11.8. The summed E-state index contributed by atoms with van der Waals surface area (Å²) in [4.78, 5) is 3.21. The highest BCUT2D eigenvalue weighted by Gasteiger charge is 2.32. The van der Waals surface area contributed by atoms with Crippen molar-refractivity contribution in [2.75, 3.05) is 0 Å². The summed E-state index contributed by atoms with van der Waals surface area (Å²) >= 11 is 10.9. The van der Waals surface area contributed by atoms with Crippen LogP contribution < -0.4 is 4.74 Å². The molecule has 0 amide bonds. The van der Waals surface area contributed by atoms with Crippen molar-refractivity contribution in [3.63, 3.8) is 0 Å². The molecule has 1 aromatic heterocycles. The molecular formula is C7HCl2F3N2O. The fourth-order valence-electron chi connectivity index (χ4n) is 0.728. The highest BCUT2D eigenvalue weighted by Crippen LogP contribution is 2.29. The molecule has 0 unspecified atom stereocenters. The summed E-state index contributed by atoms with van der Waals surface area (Å²) in [6.07, 6.45) is -4.89. The molecule has 0 spiro atoms. The maximum Gasteiger partial charge on any atom is 0.574 e. The van der Waals surface area contributed by atoms with E-state index in [2.05, 4.69) is 9.72 Å². The molecule has 0 bridgehead atoms. The van der Waals surface area contributed by atoms with Gasteiger partial charge in [-0.2, -0.15) is 10.2 Å².